The minimum absolute atomic E-state index is 0.228. The van der Waals surface area contributed by atoms with E-state index in [9.17, 15) is 4.79 Å². The molecule has 1 aromatic rings. The number of methoxy groups -OCH3 is 1. The Bertz CT molecular complexity index is 447. The molecule has 1 saturated carbocycles. The summed E-state index contributed by atoms with van der Waals surface area (Å²) >= 11 is 0. The summed E-state index contributed by atoms with van der Waals surface area (Å²) < 4.78 is 4.88. The summed E-state index contributed by atoms with van der Waals surface area (Å²) in [7, 11) is 1.42. The molecule has 3 heteroatoms. The van der Waals surface area contributed by atoms with E-state index in [0.29, 0.717) is 0 Å². The highest BCUT2D eigenvalue weighted by Crippen LogP contribution is 2.46. The van der Waals surface area contributed by atoms with Crippen LogP contribution in [0.3, 0.4) is 0 Å². The summed E-state index contributed by atoms with van der Waals surface area (Å²) in [6.07, 6.45) is 1.97. The van der Waals surface area contributed by atoms with E-state index < -0.39 is 5.41 Å². The van der Waals surface area contributed by atoms with E-state index >= 15 is 0 Å². The lowest BCUT2D eigenvalue weighted by Gasteiger charge is -2.27. The molecule has 0 amide bonds. The fraction of sp³-hybridized carbons (Fsp3) is 0.500. The molecule has 0 unspecified atom stereocenters. The van der Waals surface area contributed by atoms with Crippen LogP contribution in [0.5, 0.6) is 0 Å². The number of esters is 1. The van der Waals surface area contributed by atoms with Crippen LogP contribution in [0, 0.1) is 0 Å². The van der Waals surface area contributed by atoms with Gasteiger partial charge in [-0.1, -0.05) is 24.3 Å². The van der Waals surface area contributed by atoms with E-state index in [1.807, 2.05) is 38.1 Å². The normalized spacial score (nSPS) is 17.6. The van der Waals surface area contributed by atoms with Crippen LogP contribution >= 0.6 is 0 Å². The van der Waals surface area contributed by atoms with E-state index in [0.717, 1.165) is 24.0 Å². The van der Waals surface area contributed by atoms with Crippen LogP contribution in [-0.4, -0.2) is 13.1 Å². The summed E-state index contributed by atoms with van der Waals surface area (Å²) in [5, 5.41) is 0. The largest absolute Gasteiger partial charge is 0.468 e. The topological polar surface area (TPSA) is 52.3 Å². The first kappa shape index (κ1) is 12.1. The van der Waals surface area contributed by atoms with Gasteiger partial charge in [-0.15, -0.1) is 0 Å². The van der Waals surface area contributed by atoms with Crippen molar-refractivity contribution in [1.29, 1.82) is 0 Å². The molecule has 2 N–H and O–H groups in total. The molecular weight excluding hydrogens is 214 g/mol. The van der Waals surface area contributed by atoms with Gasteiger partial charge in [0, 0.05) is 5.54 Å². The quantitative estimate of drug-likeness (QED) is 0.813. The molecule has 2 rings (SSSR count). The van der Waals surface area contributed by atoms with Crippen LogP contribution in [0.25, 0.3) is 0 Å². The Morgan fingerprint density at radius 2 is 1.94 bits per heavy atom. The Balaban J connectivity index is 2.48. The van der Waals surface area contributed by atoms with Crippen molar-refractivity contribution in [3.63, 3.8) is 0 Å². The highest BCUT2D eigenvalue weighted by molar-refractivity contribution is 5.82. The third kappa shape index (κ3) is 1.95. The van der Waals surface area contributed by atoms with Crippen LogP contribution in [0.15, 0.2) is 24.3 Å². The molecule has 0 bridgehead atoms. The second-order valence-corrected chi connectivity index (χ2v) is 5.32. The van der Waals surface area contributed by atoms with Gasteiger partial charge in [-0.05, 0) is 37.8 Å². The zero-order valence-electron chi connectivity index (χ0n) is 10.6. The van der Waals surface area contributed by atoms with Crippen LogP contribution < -0.4 is 5.73 Å². The monoisotopic (exact) mass is 233 g/mol. The fourth-order valence-electron chi connectivity index (χ4n) is 2.23. The predicted octanol–water partition coefficient (Wildman–Crippen LogP) is 2.08. The standard InChI is InChI=1S/C14H19NO2/c1-13(2,12(16)17-3)10-6-4-5-7-11(10)14(15)8-9-14/h4-7H,8-9,15H2,1-3H3. The van der Waals surface area contributed by atoms with Crippen molar-refractivity contribution < 1.29 is 9.53 Å². The van der Waals surface area contributed by atoms with Crippen LogP contribution in [0.4, 0.5) is 0 Å². The molecule has 0 heterocycles. The van der Waals surface area contributed by atoms with Crippen molar-refractivity contribution in [3.05, 3.63) is 35.4 Å². The van der Waals surface area contributed by atoms with Gasteiger partial charge in [0.05, 0.1) is 12.5 Å². The first-order valence-electron chi connectivity index (χ1n) is 5.89. The second-order valence-electron chi connectivity index (χ2n) is 5.32. The molecule has 1 fully saturated rings. The maximum atomic E-state index is 11.9. The third-order valence-corrected chi connectivity index (χ3v) is 3.62. The molecule has 0 radical (unpaired) electrons. The minimum Gasteiger partial charge on any atom is -0.468 e. The van der Waals surface area contributed by atoms with Gasteiger partial charge in [-0.25, -0.2) is 0 Å². The van der Waals surface area contributed by atoms with Gasteiger partial charge in [0.2, 0.25) is 0 Å². The Morgan fingerprint density at radius 3 is 2.47 bits per heavy atom. The lowest BCUT2D eigenvalue weighted by atomic mass is 9.79. The maximum absolute atomic E-state index is 11.9. The Kier molecular flexibility index (Phi) is 2.74. The van der Waals surface area contributed by atoms with Gasteiger partial charge >= 0.3 is 5.97 Å². The number of ether oxygens (including phenoxy) is 1. The average Bonchev–Trinajstić information content (AvgIpc) is 3.07. The van der Waals surface area contributed by atoms with Gasteiger partial charge in [0.15, 0.2) is 0 Å². The Hall–Kier alpha value is -1.35. The zero-order valence-corrected chi connectivity index (χ0v) is 10.6. The number of hydrogen-bond donors (Lipinski definition) is 1. The number of carbonyl (C=O) groups excluding carboxylic acids is 1. The summed E-state index contributed by atoms with van der Waals surface area (Å²) in [6, 6.07) is 7.90. The van der Waals surface area contributed by atoms with Crippen LogP contribution in [0.1, 0.15) is 37.8 Å². The molecule has 0 saturated heterocycles. The van der Waals surface area contributed by atoms with Crippen molar-refractivity contribution >= 4 is 5.97 Å². The summed E-state index contributed by atoms with van der Waals surface area (Å²) in [5.41, 5.74) is 7.43. The zero-order chi connectivity index (χ0) is 12.7. The molecule has 17 heavy (non-hydrogen) atoms. The molecule has 1 aromatic carbocycles. The van der Waals surface area contributed by atoms with Crippen LogP contribution in [-0.2, 0) is 20.5 Å². The van der Waals surface area contributed by atoms with Gasteiger partial charge in [-0.3, -0.25) is 4.79 Å². The lowest BCUT2D eigenvalue weighted by molar-refractivity contribution is -0.146. The molecule has 0 atom stereocenters. The minimum atomic E-state index is -0.652. The van der Waals surface area contributed by atoms with E-state index in [1.54, 1.807) is 0 Å². The van der Waals surface area contributed by atoms with Crippen molar-refractivity contribution in [1.82, 2.24) is 0 Å². The summed E-state index contributed by atoms with van der Waals surface area (Å²) in [5.74, 6) is -0.228. The maximum Gasteiger partial charge on any atom is 0.315 e. The summed E-state index contributed by atoms with van der Waals surface area (Å²) in [4.78, 5) is 11.9. The highest BCUT2D eigenvalue weighted by Gasteiger charge is 2.45. The Morgan fingerprint density at radius 1 is 1.35 bits per heavy atom. The van der Waals surface area contributed by atoms with Crippen LogP contribution in [0.2, 0.25) is 0 Å². The SMILES string of the molecule is COC(=O)C(C)(C)c1ccccc1C1(N)CC1. The molecule has 0 spiro atoms. The first-order valence-corrected chi connectivity index (χ1v) is 5.89. The van der Waals surface area contributed by atoms with Crippen molar-refractivity contribution in [3.8, 4) is 0 Å². The van der Waals surface area contributed by atoms with E-state index in [4.69, 9.17) is 10.5 Å². The smallest absolute Gasteiger partial charge is 0.315 e. The molecule has 0 aliphatic heterocycles. The van der Waals surface area contributed by atoms with Gasteiger partial charge in [0.1, 0.15) is 0 Å². The third-order valence-electron chi connectivity index (χ3n) is 3.62. The molecular formula is C14H19NO2. The molecule has 1 aliphatic rings. The van der Waals surface area contributed by atoms with Crippen molar-refractivity contribution in [2.24, 2.45) is 5.73 Å². The molecule has 92 valence electrons. The van der Waals surface area contributed by atoms with Crippen molar-refractivity contribution in [2.45, 2.75) is 37.6 Å². The van der Waals surface area contributed by atoms with E-state index in [1.165, 1.54) is 7.11 Å². The number of benzene rings is 1. The molecule has 0 aromatic heterocycles. The van der Waals surface area contributed by atoms with Gasteiger partial charge < -0.3 is 10.5 Å². The van der Waals surface area contributed by atoms with Gasteiger partial charge in [-0.2, -0.15) is 0 Å². The molecule has 3 nitrogen and oxygen atoms in total. The first-order chi connectivity index (χ1) is 7.92. The van der Waals surface area contributed by atoms with E-state index in [2.05, 4.69) is 0 Å². The number of carbonyl (C=O) groups is 1. The average molecular weight is 233 g/mol. The second kappa shape index (κ2) is 3.84. The molecule has 1 aliphatic carbocycles. The Labute approximate surface area is 102 Å². The number of hydrogen-bond acceptors (Lipinski definition) is 3. The van der Waals surface area contributed by atoms with Gasteiger partial charge in [0.25, 0.3) is 0 Å². The number of nitrogens with two attached hydrogens (primary N) is 1. The predicted molar refractivity (Wildman–Crippen MR) is 66.6 cm³/mol. The number of rotatable bonds is 3. The van der Waals surface area contributed by atoms with E-state index in [-0.39, 0.29) is 11.5 Å². The lowest BCUT2D eigenvalue weighted by Crippen LogP contribution is -2.34. The fourth-order valence-corrected chi connectivity index (χ4v) is 2.23. The van der Waals surface area contributed by atoms with Crippen molar-refractivity contribution in [2.75, 3.05) is 7.11 Å². The summed E-state index contributed by atoms with van der Waals surface area (Å²) in [6.45, 7) is 3.76. The highest BCUT2D eigenvalue weighted by atomic mass is 16.5.